The number of rotatable bonds is 8. The number of nitrogens with one attached hydrogen (secondary N) is 1. The van der Waals surface area contributed by atoms with Crippen LogP contribution in [0.15, 0.2) is 77.2 Å². The predicted molar refractivity (Wildman–Crippen MR) is 135 cm³/mol. The third kappa shape index (κ3) is 4.69. The lowest BCUT2D eigenvalue weighted by atomic mass is 10.2. The Hall–Kier alpha value is -3.92. The molecule has 2 aromatic heterocycles. The van der Waals surface area contributed by atoms with Crippen molar-refractivity contribution in [3.05, 3.63) is 89.1 Å². The Balaban J connectivity index is 1.58. The van der Waals surface area contributed by atoms with Crippen LogP contribution >= 0.6 is 11.8 Å². The lowest BCUT2D eigenvalue weighted by molar-refractivity contribution is -0.115. The summed E-state index contributed by atoms with van der Waals surface area (Å²) in [5.41, 5.74) is 1.53. The minimum absolute atomic E-state index is 0.216. The van der Waals surface area contributed by atoms with E-state index in [1.54, 1.807) is 54.4 Å². The molecule has 0 aliphatic carbocycles. The molecule has 0 aliphatic heterocycles. The zero-order chi connectivity index (χ0) is 25.1. The van der Waals surface area contributed by atoms with Crippen LogP contribution in [0.4, 0.5) is 10.1 Å². The van der Waals surface area contributed by atoms with Crippen molar-refractivity contribution in [2.75, 3.05) is 5.32 Å². The molecule has 8 nitrogen and oxygen atoms in total. The van der Waals surface area contributed by atoms with E-state index in [-0.39, 0.29) is 17.2 Å². The third-order valence-corrected chi connectivity index (χ3v) is 6.68. The number of amides is 1. The van der Waals surface area contributed by atoms with E-state index in [9.17, 15) is 14.0 Å². The molecule has 0 aliphatic rings. The van der Waals surface area contributed by atoms with Gasteiger partial charge in [-0.2, -0.15) is 0 Å². The summed E-state index contributed by atoms with van der Waals surface area (Å²) in [7, 11) is 1.76. The molecule has 0 bridgehead atoms. The number of allylic oxidation sites excluding steroid dienone is 1. The van der Waals surface area contributed by atoms with Crippen molar-refractivity contribution in [2.45, 2.75) is 30.8 Å². The summed E-state index contributed by atoms with van der Waals surface area (Å²) >= 11 is 1.17. The average Bonchev–Trinajstić information content (AvgIpc) is 3.33. The molecule has 4 rings (SSSR count). The molecule has 0 saturated heterocycles. The van der Waals surface area contributed by atoms with Crippen LogP contribution < -0.4 is 10.9 Å². The summed E-state index contributed by atoms with van der Waals surface area (Å²) in [5, 5.41) is 10.9. The van der Waals surface area contributed by atoms with Crippen LogP contribution in [0.3, 0.4) is 0 Å². The van der Waals surface area contributed by atoms with Gasteiger partial charge in [0.1, 0.15) is 11.5 Å². The number of benzene rings is 2. The number of hydrogen-bond acceptors (Lipinski definition) is 5. The molecule has 0 fully saturated rings. The van der Waals surface area contributed by atoms with Crippen LogP contribution in [0.25, 0.3) is 17.1 Å². The Morgan fingerprint density at radius 3 is 2.54 bits per heavy atom. The molecule has 35 heavy (non-hydrogen) atoms. The molecule has 0 spiro atoms. The molecule has 2 heterocycles. The third-order valence-electron chi connectivity index (χ3n) is 5.60. The van der Waals surface area contributed by atoms with Crippen molar-refractivity contribution < 1.29 is 9.18 Å². The minimum atomic E-state index is -0.611. The van der Waals surface area contributed by atoms with Crippen molar-refractivity contribution in [3.8, 4) is 17.1 Å². The second kappa shape index (κ2) is 10.1. The molecular weight excluding hydrogens is 467 g/mol. The fourth-order valence-corrected chi connectivity index (χ4v) is 4.52. The highest BCUT2D eigenvalue weighted by atomic mass is 32.2. The summed E-state index contributed by atoms with van der Waals surface area (Å²) in [6.07, 6.45) is 1.65. The number of thioether (sulfide) groups is 1. The van der Waals surface area contributed by atoms with Gasteiger partial charge in [-0.15, -0.1) is 16.8 Å². The number of anilines is 1. The molecule has 1 atom stereocenters. The van der Waals surface area contributed by atoms with Crippen molar-refractivity contribution in [1.29, 1.82) is 0 Å². The standard InChI is InChI=1S/C25H25FN6O2S/c1-5-15-31-22(19-13-9-10-14-20(19)26)28-29-25(31)35-17(3)23(33)27-21-16(2)30(4)32(24(21)34)18-11-7-6-8-12-18/h5-14,17H,1,15H2,2-4H3,(H,27,33). The van der Waals surface area contributed by atoms with E-state index in [4.69, 9.17) is 0 Å². The zero-order valence-electron chi connectivity index (χ0n) is 19.6. The van der Waals surface area contributed by atoms with Crippen LogP contribution in [-0.2, 0) is 18.4 Å². The van der Waals surface area contributed by atoms with E-state index in [2.05, 4.69) is 22.1 Å². The first kappa shape index (κ1) is 24.2. The van der Waals surface area contributed by atoms with Gasteiger partial charge in [-0.1, -0.05) is 48.2 Å². The van der Waals surface area contributed by atoms with Crippen LogP contribution in [0, 0.1) is 12.7 Å². The smallest absolute Gasteiger partial charge is 0.295 e. The van der Waals surface area contributed by atoms with Crippen molar-refractivity contribution in [3.63, 3.8) is 0 Å². The van der Waals surface area contributed by atoms with Gasteiger partial charge in [0.25, 0.3) is 5.56 Å². The fraction of sp³-hybridized carbons (Fsp3) is 0.200. The first-order valence-electron chi connectivity index (χ1n) is 10.9. The molecule has 0 radical (unpaired) electrons. The number of aromatic nitrogens is 5. The van der Waals surface area contributed by atoms with E-state index in [0.29, 0.717) is 34.5 Å². The van der Waals surface area contributed by atoms with Gasteiger partial charge in [-0.3, -0.25) is 18.8 Å². The maximum absolute atomic E-state index is 14.4. The predicted octanol–water partition coefficient (Wildman–Crippen LogP) is 4.19. The second-order valence-electron chi connectivity index (χ2n) is 7.87. The quantitative estimate of drug-likeness (QED) is 0.294. The molecular formula is C25H25FN6O2S. The van der Waals surface area contributed by atoms with Crippen LogP contribution in [0.1, 0.15) is 12.6 Å². The lowest BCUT2D eigenvalue weighted by Crippen LogP contribution is -2.27. The highest BCUT2D eigenvalue weighted by Gasteiger charge is 2.24. The Morgan fingerprint density at radius 2 is 1.86 bits per heavy atom. The van der Waals surface area contributed by atoms with Crippen LogP contribution in [-0.4, -0.2) is 35.3 Å². The fourth-order valence-electron chi connectivity index (χ4n) is 3.66. The number of halogens is 1. The minimum Gasteiger partial charge on any atom is -0.319 e. The Kier molecular flexibility index (Phi) is 7.02. The molecule has 10 heteroatoms. The Labute approximate surface area is 206 Å². The number of para-hydroxylation sites is 1. The molecule has 0 saturated carbocycles. The summed E-state index contributed by atoms with van der Waals surface area (Å²) in [4.78, 5) is 26.2. The monoisotopic (exact) mass is 492 g/mol. The molecule has 1 unspecified atom stereocenters. The van der Waals surface area contributed by atoms with Gasteiger partial charge in [0.05, 0.1) is 22.2 Å². The normalized spacial score (nSPS) is 11.9. The van der Waals surface area contributed by atoms with E-state index < -0.39 is 11.1 Å². The average molecular weight is 493 g/mol. The van der Waals surface area contributed by atoms with Gasteiger partial charge in [0, 0.05) is 13.6 Å². The number of hydrogen-bond donors (Lipinski definition) is 1. The largest absolute Gasteiger partial charge is 0.319 e. The number of carbonyl (C=O) groups is 1. The van der Waals surface area contributed by atoms with Crippen LogP contribution in [0.2, 0.25) is 0 Å². The highest BCUT2D eigenvalue weighted by molar-refractivity contribution is 8.00. The van der Waals surface area contributed by atoms with Gasteiger partial charge in [-0.25, -0.2) is 9.07 Å². The van der Waals surface area contributed by atoms with E-state index in [1.807, 2.05) is 30.3 Å². The molecule has 1 N–H and O–H groups in total. The maximum Gasteiger partial charge on any atom is 0.295 e. The molecule has 180 valence electrons. The van der Waals surface area contributed by atoms with E-state index in [0.717, 1.165) is 0 Å². The van der Waals surface area contributed by atoms with Gasteiger partial charge in [0.2, 0.25) is 5.91 Å². The Bertz CT molecular complexity index is 1440. The Morgan fingerprint density at radius 1 is 1.17 bits per heavy atom. The maximum atomic E-state index is 14.4. The summed E-state index contributed by atoms with van der Waals surface area (Å²) < 4.78 is 19.3. The van der Waals surface area contributed by atoms with Gasteiger partial charge >= 0.3 is 0 Å². The summed E-state index contributed by atoms with van der Waals surface area (Å²) in [6.45, 7) is 7.59. The van der Waals surface area contributed by atoms with Crippen molar-refractivity contribution >= 4 is 23.4 Å². The van der Waals surface area contributed by atoms with E-state index in [1.165, 1.54) is 22.5 Å². The van der Waals surface area contributed by atoms with Gasteiger partial charge in [-0.05, 0) is 38.1 Å². The first-order chi connectivity index (χ1) is 16.8. The zero-order valence-corrected chi connectivity index (χ0v) is 20.4. The molecule has 1 amide bonds. The first-order valence-corrected chi connectivity index (χ1v) is 11.8. The van der Waals surface area contributed by atoms with Crippen molar-refractivity contribution in [2.24, 2.45) is 7.05 Å². The van der Waals surface area contributed by atoms with Crippen LogP contribution in [0.5, 0.6) is 0 Å². The lowest BCUT2D eigenvalue weighted by Gasteiger charge is -2.12. The molecule has 4 aromatic rings. The number of carbonyl (C=O) groups excluding carboxylic acids is 1. The molecule has 2 aromatic carbocycles. The topological polar surface area (TPSA) is 86.7 Å². The summed E-state index contributed by atoms with van der Waals surface area (Å²) in [6, 6.07) is 15.5. The van der Waals surface area contributed by atoms with Gasteiger partial charge < -0.3 is 5.32 Å². The second-order valence-corrected chi connectivity index (χ2v) is 9.18. The van der Waals surface area contributed by atoms with Gasteiger partial charge in [0.15, 0.2) is 11.0 Å². The summed E-state index contributed by atoms with van der Waals surface area (Å²) in [5.74, 6) is -0.425. The highest BCUT2D eigenvalue weighted by Crippen LogP contribution is 2.29. The number of nitrogens with zero attached hydrogens (tertiary/aromatic N) is 5. The van der Waals surface area contributed by atoms with Crippen molar-refractivity contribution in [1.82, 2.24) is 24.1 Å². The SMILES string of the molecule is C=CCn1c(SC(C)C(=O)Nc2c(C)n(C)n(-c3ccccc3)c2=O)nnc1-c1ccccc1F. The van der Waals surface area contributed by atoms with E-state index >= 15 is 0 Å².